The van der Waals surface area contributed by atoms with E-state index in [2.05, 4.69) is 0 Å². The van der Waals surface area contributed by atoms with Gasteiger partial charge in [-0.2, -0.15) is 4.31 Å². The lowest BCUT2D eigenvalue weighted by Gasteiger charge is -2.24. The van der Waals surface area contributed by atoms with Crippen LogP contribution < -0.4 is 0 Å². The van der Waals surface area contributed by atoms with Crippen molar-refractivity contribution in [2.24, 2.45) is 0 Å². The molecule has 6 nitrogen and oxygen atoms in total. The van der Waals surface area contributed by atoms with Gasteiger partial charge in [-0.3, -0.25) is 0 Å². The van der Waals surface area contributed by atoms with Crippen LogP contribution in [-0.4, -0.2) is 36.9 Å². The minimum Gasteiger partial charge on any atom is -0.478 e. The first kappa shape index (κ1) is 17.2. The Morgan fingerprint density at radius 2 is 2.00 bits per heavy atom. The van der Waals surface area contributed by atoms with E-state index >= 15 is 0 Å². The summed E-state index contributed by atoms with van der Waals surface area (Å²) in [6.07, 6.45) is 0.623. The molecule has 7 heteroatoms. The molecule has 1 atom stereocenters. The van der Waals surface area contributed by atoms with Crippen molar-refractivity contribution in [3.05, 3.63) is 70.8 Å². The smallest absolute Gasteiger partial charge is 0.335 e. The van der Waals surface area contributed by atoms with Crippen LogP contribution in [-0.2, 0) is 32.7 Å². The fourth-order valence-electron chi connectivity index (χ4n) is 3.80. The van der Waals surface area contributed by atoms with E-state index in [0.29, 0.717) is 31.7 Å². The topological polar surface area (TPSA) is 83.9 Å². The summed E-state index contributed by atoms with van der Waals surface area (Å²) in [5.74, 6) is -1.29. The lowest BCUT2D eigenvalue weighted by Crippen LogP contribution is -2.35. The van der Waals surface area contributed by atoms with Crippen LogP contribution >= 0.6 is 0 Å². The highest BCUT2D eigenvalue weighted by Gasteiger charge is 2.48. The molecule has 0 radical (unpaired) electrons. The lowest BCUT2D eigenvalue weighted by molar-refractivity contribution is -0.0255. The standard InChI is InChI=1S/C19H19NO5S/c21-18(22)15-6-3-4-14(10-15)12-26(23,24)20-9-8-19(13-20)17-7-2-1-5-16(17)11-25-19/h1-7,10H,8-9,11-13H2,(H,21,22). The average Bonchev–Trinajstić information content (AvgIpc) is 3.21. The Balaban J connectivity index is 1.55. The predicted molar refractivity (Wildman–Crippen MR) is 95.1 cm³/mol. The molecule has 2 aromatic carbocycles. The molecule has 2 aliphatic rings. The van der Waals surface area contributed by atoms with E-state index in [1.54, 1.807) is 12.1 Å². The number of aromatic carboxylic acids is 1. The second-order valence-electron chi connectivity index (χ2n) is 6.79. The summed E-state index contributed by atoms with van der Waals surface area (Å²) >= 11 is 0. The van der Waals surface area contributed by atoms with Crippen LogP contribution in [0.4, 0.5) is 0 Å². The normalized spacial score (nSPS) is 22.6. The molecule has 1 fully saturated rings. The Labute approximate surface area is 152 Å². The van der Waals surface area contributed by atoms with Crippen LogP contribution in [0.3, 0.4) is 0 Å². The molecule has 0 saturated carbocycles. The molecule has 2 aromatic rings. The molecule has 2 heterocycles. The number of ether oxygens (including phenoxy) is 1. The maximum Gasteiger partial charge on any atom is 0.335 e. The van der Waals surface area contributed by atoms with Gasteiger partial charge < -0.3 is 9.84 Å². The van der Waals surface area contributed by atoms with Crippen LogP contribution in [0.2, 0.25) is 0 Å². The van der Waals surface area contributed by atoms with E-state index in [4.69, 9.17) is 9.84 Å². The maximum absolute atomic E-state index is 12.9. The van der Waals surface area contributed by atoms with Gasteiger partial charge in [-0.1, -0.05) is 36.4 Å². The van der Waals surface area contributed by atoms with Crippen molar-refractivity contribution in [3.8, 4) is 0 Å². The molecule has 1 unspecified atom stereocenters. The zero-order valence-corrected chi connectivity index (χ0v) is 14.9. The summed E-state index contributed by atoms with van der Waals surface area (Å²) < 4.78 is 33.2. The van der Waals surface area contributed by atoms with Gasteiger partial charge in [-0.25, -0.2) is 13.2 Å². The zero-order chi connectivity index (χ0) is 18.4. The minimum absolute atomic E-state index is 0.0867. The Morgan fingerprint density at radius 1 is 1.19 bits per heavy atom. The van der Waals surface area contributed by atoms with Crippen LogP contribution in [0, 0.1) is 0 Å². The average molecular weight is 373 g/mol. The van der Waals surface area contributed by atoms with Crippen molar-refractivity contribution in [2.45, 2.75) is 24.4 Å². The highest BCUT2D eigenvalue weighted by atomic mass is 32.2. The van der Waals surface area contributed by atoms with Crippen LogP contribution in [0.5, 0.6) is 0 Å². The summed E-state index contributed by atoms with van der Waals surface area (Å²) in [7, 11) is -3.56. The van der Waals surface area contributed by atoms with E-state index < -0.39 is 21.6 Å². The number of carboxylic acid groups (broad SMARTS) is 1. The van der Waals surface area contributed by atoms with E-state index in [1.807, 2.05) is 24.3 Å². The number of nitrogens with zero attached hydrogens (tertiary/aromatic N) is 1. The van der Waals surface area contributed by atoms with Gasteiger partial charge in [0.15, 0.2) is 0 Å². The predicted octanol–water partition coefficient (Wildman–Crippen LogP) is 2.35. The SMILES string of the molecule is O=C(O)c1cccc(CS(=O)(=O)N2CCC3(C2)OCc2ccccc23)c1. The van der Waals surface area contributed by atoms with Gasteiger partial charge in [0.1, 0.15) is 5.60 Å². The van der Waals surface area contributed by atoms with Crippen molar-refractivity contribution in [1.29, 1.82) is 0 Å². The van der Waals surface area contributed by atoms with Crippen LogP contribution in [0.25, 0.3) is 0 Å². The van der Waals surface area contributed by atoms with Crippen molar-refractivity contribution < 1.29 is 23.1 Å². The second kappa shape index (κ2) is 6.19. The van der Waals surface area contributed by atoms with Crippen molar-refractivity contribution in [3.63, 3.8) is 0 Å². The van der Waals surface area contributed by atoms with Crippen molar-refractivity contribution in [1.82, 2.24) is 4.31 Å². The highest BCUT2D eigenvalue weighted by Crippen LogP contribution is 2.44. The number of sulfonamides is 1. The first-order chi connectivity index (χ1) is 12.4. The largest absolute Gasteiger partial charge is 0.478 e. The van der Waals surface area contributed by atoms with Gasteiger partial charge in [0.25, 0.3) is 0 Å². The third-order valence-electron chi connectivity index (χ3n) is 5.13. The summed E-state index contributed by atoms with van der Waals surface area (Å²) in [6.45, 7) is 1.20. The molecular weight excluding hydrogens is 354 g/mol. The Bertz CT molecular complexity index is 971. The molecule has 0 aromatic heterocycles. The Kier molecular flexibility index (Phi) is 4.10. The fraction of sp³-hybridized carbons (Fsp3) is 0.316. The number of carboxylic acids is 1. The molecule has 4 rings (SSSR count). The van der Waals surface area contributed by atoms with E-state index in [1.165, 1.54) is 16.4 Å². The lowest BCUT2D eigenvalue weighted by atomic mass is 9.92. The Morgan fingerprint density at radius 3 is 2.81 bits per heavy atom. The van der Waals surface area contributed by atoms with Gasteiger partial charge in [-0.05, 0) is 35.2 Å². The summed E-state index contributed by atoms with van der Waals surface area (Å²) in [6, 6.07) is 14.0. The molecule has 136 valence electrons. The number of benzene rings is 2. The molecule has 1 spiro atoms. The number of hydrogen-bond donors (Lipinski definition) is 1. The highest BCUT2D eigenvalue weighted by molar-refractivity contribution is 7.88. The van der Waals surface area contributed by atoms with Crippen LogP contribution in [0.15, 0.2) is 48.5 Å². The van der Waals surface area contributed by atoms with E-state index in [9.17, 15) is 13.2 Å². The first-order valence-corrected chi connectivity index (χ1v) is 10.0. The number of rotatable bonds is 4. The fourth-order valence-corrected chi connectivity index (χ4v) is 5.36. The second-order valence-corrected chi connectivity index (χ2v) is 8.75. The quantitative estimate of drug-likeness (QED) is 0.889. The molecule has 1 N–H and O–H groups in total. The maximum atomic E-state index is 12.9. The Hall–Kier alpha value is -2.22. The number of carbonyl (C=O) groups is 1. The zero-order valence-electron chi connectivity index (χ0n) is 14.1. The number of hydrogen-bond acceptors (Lipinski definition) is 4. The van der Waals surface area contributed by atoms with Gasteiger partial charge in [0, 0.05) is 13.1 Å². The summed E-state index contributed by atoms with van der Waals surface area (Å²) in [5, 5.41) is 9.08. The number of fused-ring (bicyclic) bond motifs is 2. The van der Waals surface area contributed by atoms with Gasteiger partial charge in [-0.15, -0.1) is 0 Å². The van der Waals surface area contributed by atoms with E-state index in [-0.39, 0.29) is 11.3 Å². The molecular formula is C19H19NO5S. The third-order valence-corrected chi connectivity index (χ3v) is 6.92. The van der Waals surface area contributed by atoms with E-state index in [0.717, 1.165) is 11.1 Å². The first-order valence-electron chi connectivity index (χ1n) is 8.42. The third kappa shape index (κ3) is 2.92. The minimum atomic E-state index is -3.56. The molecule has 1 saturated heterocycles. The van der Waals surface area contributed by atoms with Crippen molar-refractivity contribution >= 4 is 16.0 Å². The molecule has 26 heavy (non-hydrogen) atoms. The van der Waals surface area contributed by atoms with Crippen molar-refractivity contribution in [2.75, 3.05) is 13.1 Å². The monoisotopic (exact) mass is 373 g/mol. The molecule has 0 amide bonds. The molecule has 0 bridgehead atoms. The molecule has 2 aliphatic heterocycles. The van der Waals surface area contributed by atoms with Gasteiger partial charge >= 0.3 is 5.97 Å². The van der Waals surface area contributed by atoms with Crippen LogP contribution in [0.1, 0.15) is 33.5 Å². The molecule has 0 aliphatic carbocycles. The van der Waals surface area contributed by atoms with Gasteiger partial charge in [0.2, 0.25) is 10.0 Å². The van der Waals surface area contributed by atoms with Gasteiger partial charge in [0.05, 0.1) is 17.9 Å². The summed E-state index contributed by atoms with van der Waals surface area (Å²) in [5.41, 5.74) is 2.18. The summed E-state index contributed by atoms with van der Waals surface area (Å²) in [4.78, 5) is 11.1.